The molecule has 0 atom stereocenters. The number of ether oxygens (including phenoxy) is 1. The highest BCUT2D eigenvalue weighted by molar-refractivity contribution is 9.10. The fraction of sp³-hybridized carbons (Fsp3) is 0.0909. The van der Waals surface area contributed by atoms with Gasteiger partial charge in [-0.25, -0.2) is 4.98 Å². The van der Waals surface area contributed by atoms with Gasteiger partial charge in [0.05, 0.1) is 7.11 Å². The van der Waals surface area contributed by atoms with Crippen LogP contribution in [0.2, 0.25) is 0 Å². The molecular weight excluding hydrogens is 290 g/mol. The maximum absolute atomic E-state index is 12.0. The Bertz CT molecular complexity index is 524. The Kier molecular flexibility index (Phi) is 3.36. The lowest BCUT2D eigenvalue weighted by Gasteiger charge is -2.01. The molecule has 82 valence electrons. The Morgan fingerprint density at radius 1 is 1.50 bits per heavy atom. The third-order valence-corrected chi connectivity index (χ3v) is 3.55. The van der Waals surface area contributed by atoms with E-state index in [1.165, 1.54) is 11.3 Å². The lowest BCUT2D eigenvalue weighted by Crippen LogP contribution is -2.00. The highest BCUT2D eigenvalue weighted by Crippen LogP contribution is 2.20. The maximum Gasteiger partial charge on any atom is 0.221 e. The maximum atomic E-state index is 12.0. The molecule has 0 unspecified atom stereocenters. The van der Waals surface area contributed by atoms with Crippen molar-refractivity contribution in [3.8, 4) is 5.75 Å². The van der Waals surface area contributed by atoms with E-state index in [0.29, 0.717) is 20.9 Å². The Morgan fingerprint density at radius 2 is 2.31 bits per heavy atom. The van der Waals surface area contributed by atoms with E-state index in [2.05, 4.69) is 20.9 Å². The van der Waals surface area contributed by atoms with Crippen LogP contribution in [0.1, 0.15) is 15.4 Å². The van der Waals surface area contributed by atoms with Crippen molar-refractivity contribution >= 4 is 33.0 Å². The first kappa shape index (κ1) is 11.3. The SMILES string of the molecule is COc1cccc(C(=O)c2nc(Br)cs2)c1. The highest BCUT2D eigenvalue weighted by Gasteiger charge is 2.13. The molecule has 0 radical (unpaired) electrons. The molecule has 0 aliphatic rings. The third kappa shape index (κ3) is 2.31. The molecule has 0 spiro atoms. The number of carbonyl (C=O) groups excluding carboxylic acids is 1. The minimum absolute atomic E-state index is 0.0883. The van der Waals surface area contributed by atoms with E-state index in [9.17, 15) is 4.79 Å². The minimum atomic E-state index is -0.0883. The molecule has 1 heterocycles. The van der Waals surface area contributed by atoms with Crippen molar-refractivity contribution in [1.82, 2.24) is 4.98 Å². The second-order valence-corrected chi connectivity index (χ2v) is 4.71. The number of ketones is 1. The Labute approximate surface area is 105 Å². The molecule has 1 aromatic heterocycles. The van der Waals surface area contributed by atoms with Crippen molar-refractivity contribution in [2.45, 2.75) is 0 Å². The fourth-order valence-electron chi connectivity index (χ4n) is 1.25. The van der Waals surface area contributed by atoms with Crippen molar-refractivity contribution < 1.29 is 9.53 Å². The summed E-state index contributed by atoms with van der Waals surface area (Å²) in [6.07, 6.45) is 0. The smallest absolute Gasteiger partial charge is 0.221 e. The molecule has 5 heteroatoms. The van der Waals surface area contributed by atoms with E-state index in [4.69, 9.17) is 4.74 Å². The number of halogens is 1. The second-order valence-electron chi connectivity index (χ2n) is 3.04. The third-order valence-electron chi connectivity index (χ3n) is 2.00. The van der Waals surface area contributed by atoms with Gasteiger partial charge in [-0.2, -0.15) is 0 Å². The summed E-state index contributed by atoms with van der Waals surface area (Å²) in [6.45, 7) is 0. The van der Waals surface area contributed by atoms with Crippen LogP contribution < -0.4 is 4.74 Å². The predicted molar refractivity (Wildman–Crippen MR) is 66.2 cm³/mol. The number of hydrogen-bond donors (Lipinski definition) is 0. The summed E-state index contributed by atoms with van der Waals surface area (Å²) in [4.78, 5) is 16.1. The van der Waals surface area contributed by atoms with Crippen LogP contribution in [0.3, 0.4) is 0 Å². The van der Waals surface area contributed by atoms with Crippen molar-refractivity contribution in [2.75, 3.05) is 7.11 Å². The monoisotopic (exact) mass is 297 g/mol. The number of methoxy groups -OCH3 is 1. The van der Waals surface area contributed by atoms with Gasteiger partial charge in [0.25, 0.3) is 0 Å². The van der Waals surface area contributed by atoms with E-state index in [1.807, 2.05) is 0 Å². The molecule has 0 amide bonds. The first-order valence-corrected chi connectivity index (χ1v) is 6.18. The van der Waals surface area contributed by atoms with Gasteiger partial charge in [0.2, 0.25) is 5.78 Å². The van der Waals surface area contributed by atoms with Gasteiger partial charge in [-0.1, -0.05) is 12.1 Å². The lowest BCUT2D eigenvalue weighted by molar-refractivity contribution is 0.103. The summed E-state index contributed by atoms with van der Waals surface area (Å²) < 4.78 is 5.75. The fourth-order valence-corrected chi connectivity index (χ4v) is 2.46. The summed E-state index contributed by atoms with van der Waals surface area (Å²) in [5.74, 6) is 0.580. The number of hydrogen-bond acceptors (Lipinski definition) is 4. The van der Waals surface area contributed by atoms with Crippen LogP contribution in [-0.2, 0) is 0 Å². The van der Waals surface area contributed by atoms with Crippen molar-refractivity contribution in [3.05, 3.63) is 44.8 Å². The number of nitrogens with zero attached hydrogens (tertiary/aromatic N) is 1. The summed E-state index contributed by atoms with van der Waals surface area (Å²) in [7, 11) is 1.57. The summed E-state index contributed by atoms with van der Waals surface area (Å²) >= 11 is 4.54. The lowest BCUT2D eigenvalue weighted by atomic mass is 10.1. The normalized spacial score (nSPS) is 10.1. The molecule has 0 aliphatic heterocycles. The van der Waals surface area contributed by atoms with Gasteiger partial charge in [0.1, 0.15) is 10.4 Å². The molecular formula is C11H8BrNO2S. The first-order valence-electron chi connectivity index (χ1n) is 4.50. The van der Waals surface area contributed by atoms with Crippen LogP contribution in [0.5, 0.6) is 5.75 Å². The number of carbonyl (C=O) groups is 1. The van der Waals surface area contributed by atoms with Crippen molar-refractivity contribution in [1.29, 1.82) is 0 Å². The number of aromatic nitrogens is 1. The van der Waals surface area contributed by atoms with Crippen LogP contribution in [-0.4, -0.2) is 17.9 Å². The zero-order chi connectivity index (χ0) is 11.5. The van der Waals surface area contributed by atoms with Gasteiger partial charge in [-0.15, -0.1) is 11.3 Å². The Hall–Kier alpha value is -1.20. The molecule has 2 aromatic rings. The Morgan fingerprint density at radius 3 is 2.94 bits per heavy atom. The quantitative estimate of drug-likeness (QED) is 0.817. The minimum Gasteiger partial charge on any atom is -0.497 e. The van der Waals surface area contributed by atoms with Crippen molar-refractivity contribution in [2.24, 2.45) is 0 Å². The topological polar surface area (TPSA) is 39.2 Å². The van der Waals surface area contributed by atoms with Crippen LogP contribution in [0, 0.1) is 0 Å². The molecule has 16 heavy (non-hydrogen) atoms. The predicted octanol–water partition coefficient (Wildman–Crippen LogP) is 3.15. The highest BCUT2D eigenvalue weighted by atomic mass is 79.9. The average molecular weight is 298 g/mol. The average Bonchev–Trinajstić information content (AvgIpc) is 2.75. The van der Waals surface area contributed by atoms with E-state index in [0.717, 1.165) is 0 Å². The van der Waals surface area contributed by atoms with Crippen molar-refractivity contribution in [3.63, 3.8) is 0 Å². The summed E-state index contributed by atoms with van der Waals surface area (Å²) in [5.41, 5.74) is 0.584. The second kappa shape index (κ2) is 4.76. The molecule has 2 rings (SSSR count). The van der Waals surface area contributed by atoms with Gasteiger partial charge in [0.15, 0.2) is 5.01 Å². The van der Waals surface area contributed by atoms with Crippen LogP contribution in [0.4, 0.5) is 0 Å². The number of rotatable bonds is 3. The zero-order valence-corrected chi connectivity index (χ0v) is 10.8. The molecule has 1 aromatic carbocycles. The Balaban J connectivity index is 2.33. The molecule has 0 N–H and O–H groups in total. The van der Waals surface area contributed by atoms with E-state index >= 15 is 0 Å². The molecule has 0 saturated carbocycles. The van der Waals surface area contributed by atoms with Gasteiger partial charge >= 0.3 is 0 Å². The van der Waals surface area contributed by atoms with Gasteiger partial charge in [0, 0.05) is 10.9 Å². The number of thiazole rings is 1. The van der Waals surface area contributed by atoms with Crippen LogP contribution in [0.25, 0.3) is 0 Å². The van der Waals surface area contributed by atoms with Crippen LogP contribution in [0.15, 0.2) is 34.2 Å². The molecule has 0 aliphatic carbocycles. The molecule has 0 bridgehead atoms. The molecule has 0 saturated heterocycles. The largest absolute Gasteiger partial charge is 0.497 e. The van der Waals surface area contributed by atoms with E-state index in [1.54, 1.807) is 36.8 Å². The number of benzene rings is 1. The van der Waals surface area contributed by atoms with Gasteiger partial charge < -0.3 is 4.74 Å². The molecule has 0 fully saturated rings. The summed E-state index contributed by atoms with van der Waals surface area (Å²) in [6, 6.07) is 7.04. The zero-order valence-electron chi connectivity index (χ0n) is 8.44. The van der Waals surface area contributed by atoms with Gasteiger partial charge in [-0.3, -0.25) is 4.79 Å². The summed E-state index contributed by atoms with van der Waals surface area (Å²) in [5, 5.41) is 2.26. The first-order chi connectivity index (χ1) is 7.70. The standard InChI is InChI=1S/C11H8BrNO2S/c1-15-8-4-2-3-7(5-8)10(14)11-13-9(12)6-16-11/h2-6H,1H3. The van der Waals surface area contributed by atoms with E-state index in [-0.39, 0.29) is 5.78 Å². The van der Waals surface area contributed by atoms with Gasteiger partial charge in [-0.05, 0) is 28.1 Å². The molecule has 3 nitrogen and oxygen atoms in total. The van der Waals surface area contributed by atoms with Crippen LogP contribution >= 0.6 is 27.3 Å². The van der Waals surface area contributed by atoms with E-state index < -0.39 is 0 Å².